The van der Waals surface area contributed by atoms with Gasteiger partial charge in [0.1, 0.15) is 18.1 Å². The molecular weight excluding hydrogens is 417 g/mol. The van der Waals surface area contributed by atoms with E-state index in [0.29, 0.717) is 17.0 Å². The van der Waals surface area contributed by atoms with Crippen molar-refractivity contribution in [1.82, 2.24) is 25.2 Å². The normalized spacial score (nSPS) is 10.7. The molecule has 0 fully saturated rings. The van der Waals surface area contributed by atoms with Gasteiger partial charge in [0.05, 0.1) is 12.8 Å². The molecule has 0 aliphatic carbocycles. The van der Waals surface area contributed by atoms with E-state index in [4.69, 9.17) is 9.26 Å². The van der Waals surface area contributed by atoms with Crippen molar-refractivity contribution in [2.75, 3.05) is 7.11 Å². The molecule has 4 rings (SSSR count). The number of carbonyl (C=O) groups excluding carboxylic acids is 1. The fourth-order valence-electron chi connectivity index (χ4n) is 2.92. The second kappa shape index (κ2) is 9.21. The summed E-state index contributed by atoms with van der Waals surface area (Å²) in [6, 6.07) is 15.9. The van der Waals surface area contributed by atoms with Gasteiger partial charge in [-0.05, 0) is 48.0 Å². The third-order valence-electron chi connectivity index (χ3n) is 4.55. The standard InChI is InChI=1S/C22H18FN5O4/c1-31-17-4-2-3-14(11-17)12-24-21(30)22-25-19(27-32-22)13-28-20(29)10-9-18(26-28)15-5-7-16(23)8-6-15/h2-11H,12-13H2,1H3,(H,24,30). The Bertz CT molecular complexity index is 1300. The summed E-state index contributed by atoms with van der Waals surface area (Å²) in [7, 11) is 1.56. The lowest BCUT2D eigenvalue weighted by Gasteiger charge is -2.05. The summed E-state index contributed by atoms with van der Waals surface area (Å²) >= 11 is 0. The van der Waals surface area contributed by atoms with Crippen LogP contribution in [0.2, 0.25) is 0 Å². The van der Waals surface area contributed by atoms with Crippen LogP contribution in [0.25, 0.3) is 11.3 Å². The van der Waals surface area contributed by atoms with Gasteiger partial charge in [0.2, 0.25) is 0 Å². The molecule has 0 saturated heterocycles. The van der Waals surface area contributed by atoms with E-state index >= 15 is 0 Å². The van der Waals surface area contributed by atoms with Crippen LogP contribution < -0.4 is 15.6 Å². The molecule has 0 unspecified atom stereocenters. The SMILES string of the molecule is COc1cccc(CNC(=O)c2nc(Cn3nc(-c4ccc(F)cc4)ccc3=O)no2)c1. The highest BCUT2D eigenvalue weighted by atomic mass is 19.1. The first-order valence-electron chi connectivity index (χ1n) is 9.59. The molecule has 2 aromatic carbocycles. The van der Waals surface area contributed by atoms with Gasteiger partial charge >= 0.3 is 11.8 Å². The number of ether oxygens (including phenoxy) is 1. The van der Waals surface area contributed by atoms with Crippen molar-refractivity contribution in [3.63, 3.8) is 0 Å². The maximum atomic E-state index is 13.1. The summed E-state index contributed by atoms with van der Waals surface area (Å²) in [6.07, 6.45) is 0. The number of methoxy groups -OCH3 is 1. The molecule has 0 radical (unpaired) electrons. The van der Waals surface area contributed by atoms with Crippen LogP contribution in [0.1, 0.15) is 22.1 Å². The molecule has 0 bridgehead atoms. The predicted molar refractivity (Wildman–Crippen MR) is 111 cm³/mol. The lowest BCUT2D eigenvalue weighted by atomic mass is 10.1. The Morgan fingerprint density at radius 2 is 1.97 bits per heavy atom. The highest BCUT2D eigenvalue weighted by Crippen LogP contribution is 2.16. The summed E-state index contributed by atoms with van der Waals surface area (Å²) in [5.41, 5.74) is 1.57. The molecule has 0 aliphatic rings. The Kier molecular flexibility index (Phi) is 6.02. The van der Waals surface area contributed by atoms with Gasteiger partial charge in [0, 0.05) is 18.2 Å². The highest BCUT2D eigenvalue weighted by molar-refractivity contribution is 5.89. The zero-order chi connectivity index (χ0) is 22.5. The molecule has 1 amide bonds. The molecule has 10 heteroatoms. The zero-order valence-electron chi connectivity index (χ0n) is 17.0. The molecule has 0 atom stereocenters. The molecule has 2 aromatic heterocycles. The average Bonchev–Trinajstić information content (AvgIpc) is 3.28. The molecule has 0 spiro atoms. The Morgan fingerprint density at radius 3 is 2.75 bits per heavy atom. The number of rotatable bonds is 7. The summed E-state index contributed by atoms with van der Waals surface area (Å²) < 4.78 is 24.5. The van der Waals surface area contributed by atoms with Crippen LogP contribution >= 0.6 is 0 Å². The van der Waals surface area contributed by atoms with Crippen LogP contribution in [-0.2, 0) is 13.1 Å². The van der Waals surface area contributed by atoms with Crippen LogP contribution in [0.5, 0.6) is 5.75 Å². The molecule has 32 heavy (non-hydrogen) atoms. The van der Waals surface area contributed by atoms with E-state index in [0.717, 1.165) is 10.2 Å². The monoisotopic (exact) mass is 435 g/mol. The fourth-order valence-corrected chi connectivity index (χ4v) is 2.92. The van der Waals surface area contributed by atoms with Gasteiger partial charge in [-0.25, -0.2) is 9.07 Å². The first-order chi connectivity index (χ1) is 15.5. The zero-order valence-corrected chi connectivity index (χ0v) is 17.0. The van der Waals surface area contributed by atoms with Gasteiger partial charge in [-0.2, -0.15) is 10.1 Å². The lowest BCUT2D eigenvalue weighted by Crippen LogP contribution is -2.24. The minimum Gasteiger partial charge on any atom is -0.497 e. The van der Waals surface area contributed by atoms with E-state index in [-0.39, 0.29) is 36.2 Å². The Labute approximate surface area is 181 Å². The summed E-state index contributed by atoms with van der Waals surface area (Å²) in [6.45, 7) is 0.148. The number of nitrogens with zero attached hydrogens (tertiary/aromatic N) is 4. The fraction of sp³-hybridized carbons (Fsp3) is 0.136. The quantitative estimate of drug-likeness (QED) is 0.474. The van der Waals surface area contributed by atoms with Crippen molar-refractivity contribution in [2.45, 2.75) is 13.1 Å². The lowest BCUT2D eigenvalue weighted by molar-refractivity contribution is 0.0907. The first-order valence-corrected chi connectivity index (χ1v) is 9.59. The van der Waals surface area contributed by atoms with Gasteiger partial charge in [-0.15, -0.1) is 0 Å². The Balaban J connectivity index is 1.44. The van der Waals surface area contributed by atoms with Crippen LogP contribution in [0.15, 0.2) is 70.0 Å². The average molecular weight is 435 g/mol. The maximum absolute atomic E-state index is 13.1. The first kappa shape index (κ1) is 20.9. The van der Waals surface area contributed by atoms with E-state index in [1.807, 2.05) is 12.1 Å². The van der Waals surface area contributed by atoms with Gasteiger partial charge in [0.15, 0.2) is 5.82 Å². The number of benzene rings is 2. The van der Waals surface area contributed by atoms with Crippen LogP contribution in [0.4, 0.5) is 4.39 Å². The maximum Gasteiger partial charge on any atom is 0.316 e. The van der Waals surface area contributed by atoms with E-state index in [1.54, 1.807) is 37.4 Å². The van der Waals surface area contributed by atoms with Crippen molar-refractivity contribution in [1.29, 1.82) is 0 Å². The smallest absolute Gasteiger partial charge is 0.316 e. The number of nitrogens with one attached hydrogen (secondary N) is 1. The van der Waals surface area contributed by atoms with Gasteiger partial charge in [-0.1, -0.05) is 17.3 Å². The number of halogens is 1. The molecule has 0 saturated carbocycles. The molecule has 162 valence electrons. The number of aromatic nitrogens is 4. The van der Waals surface area contributed by atoms with Crippen molar-refractivity contribution in [3.8, 4) is 17.0 Å². The topological polar surface area (TPSA) is 112 Å². The van der Waals surface area contributed by atoms with Crippen molar-refractivity contribution < 1.29 is 18.4 Å². The van der Waals surface area contributed by atoms with E-state index in [1.165, 1.54) is 18.2 Å². The molecule has 2 heterocycles. The molecule has 1 N–H and O–H groups in total. The van der Waals surface area contributed by atoms with Crippen molar-refractivity contribution >= 4 is 5.91 Å². The second-order valence-corrected chi connectivity index (χ2v) is 6.77. The minimum atomic E-state index is -0.549. The van der Waals surface area contributed by atoms with Gasteiger partial charge < -0.3 is 14.6 Å². The third kappa shape index (κ3) is 4.86. The second-order valence-electron chi connectivity index (χ2n) is 6.77. The van der Waals surface area contributed by atoms with Crippen molar-refractivity contribution in [2.24, 2.45) is 0 Å². The van der Waals surface area contributed by atoms with Gasteiger partial charge in [-0.3, -0.25) is 9.59 Å². The number of hydrogen-bond acceptors (Lipinski definition) is 7. The molecular formula is C22H18FN5O4. The summed E-state index contributed by atoms with van der Waals surface area (Å²) in [5, 5.41) is 10.7. The number of hydrogen-bond donors (Lipinski definition) is 1. The van der Waals surface area contributed by atoms with Gasteiger partial charge in [0.25, 0.3) is 5.56 Å². The highest BCUT2D eigenvalue weighted by Gasteiger charge is 2.16. The largest absolute Gasteiger partial charge is 0.497 e. The van der Waals surface area contributed by atoms with Crippen molar-refractivity contribution in [3.05, 3.63) is 94.1 Å². The van der Waals surface area contributed by atoms with E-state index in [9.17, 15) is 14.0 Å². The van der Waals surface area contributed by atoms with E-state index in [2.05, 4.69) is 20.6 Å². The molecule has 4 aromatic rings. The van der Waals surface area contributed by atoms with Crippen LogP contribution in [-0.4, -0.2) is 32.9 Å². The number of carbonyl (C=O) groups is 1. The Hall–Kier alpha value is -4.34. The predicted octanol–water partition coefficient (Wildman–Crippen LogP) is 2.42. The minimum absolute atomic E-state index is 0.0967. The molecule has 9 nitrogen and oxygen atoms in total. The van der Waals surface area contributed by atoms with Crippen LogP contribution in [0.3, 0.4) is 0 Å². The van der Waals surface area contributed by atoms with Crippen LogP contribution in [0, 0.1) is 5.82 Å². The van der Waals surface area contributed by atoms with E-state index < -0.39 is 5.91 Å². The summed E-state index contributed by atoms with van der Waals surface area (Å²) in [5.74, 6) is -0.358. The third-order valence-corrected chi connectivity index (χ3v) is 4.55. The molecule has 0 aliphatic heterocycles. The summed E-state index contributed by atoms with van der Waals surface area (Å²) in [4.78, 5) is 28.5. The number of amides is 1. The Morgan fingerprint density at radius 1 is 1.16 bits per heavy atom.